The second kappa shape index (κ2) is 6.97. The molecule has 0 aliphatic carbocycles. The molecular formula is C16H20BN3O5. The minimum atomic E-state index is -1.12. The Balaban J connectivity index is 1.98. The van der Waals surface area contributed by atoms with Crippen molar-refractivity contribution in [3.8, 4) is 0 Å². The van der Waals surface area contributed by atoms with E-state index < -0.39 is 30.7 Å². The molecule has 2 heterocycles. The number of methoxy groups -OCH3 is 1. The molecule has 3 N–H and O–H groups in total. The molecule has 3 atom stereocenters. The molecule has 8 nitrogen and oxygen atoms in total. The smallest absolute Gasteiger partial charge is 0.399 e. The van der Waals surface area contributed by atoms with Gasteiger partial charge in [-0.15, -0.1) is 0 Å². The first-order valence-corrected chi connectivity index (χ1v) is 7.86. The van der Waals surface area contributed by atoms with Crippen LogP contribution in [0.1, 0.15) is 13.2 Å². The van der Waals surface area contributed by atoms with Gasteiger partial charge in [0, 0.05) is 13.3 Å². The van der Waals surface area contributed by atoms with Gasteiger partial charge in [0.15, 0.2) is 6.23 Å². The number of aliphatic hydroxyl groups excluding tert-OH is 1. The van der Waals surface area contributed by atoms with E-state index in [2.05, 4.69) is 4.98 Å². The van der Waals surface area contributed by atoms with Gasteiger partial charge in [0.2, 0.25) is 0 Å². The molecule has 0 spiro atoms. The zero-order valence-corrected chi connectivity index (χ0v) is 14.0. The largest absolute Gasteiger partial charge is 0.494 e. The van der Waals surface area contributed by atoms with Gasteiger partial charge in [-0.25, -0.2) is 4.79 Å². The maximum absolute atomic E-state index is 12.2. The van der Waals surface area contributed by atoms with Crippen molar-refractivity contribution in [1.29, 1.82) is 0 Å². The van der Waals surface area contributed by atoms with Crippen LogP contribution in [0.4, 0.5) is 5.82 Å². The standard InChI is InChI=1S/C16H20BN3O5/c1-16(14(23-2)20-9-8-13(18)19-15(20)22)12(10-21)24-17(25-16)11-6-4-3-5-7-11/h3-9,12,14,21H,10H2,1-2H3,(H2,18,19,22)/t12-,14?,16-/m1/s1. The number of hydrogen-bond donors (Lipinski definition) is 2. The van der Waals surface area contributed by atoms with Crippen molar-refractivity contribution >= 4 is 18.4 Å². The van der Waals surface area contributed by atoms with Crippen molar-refractivity contribution in [2.75, 3.05) is 19.5 Å². The van der Waals surface area contributed by atoms with Gasteiger partial charge in [0.25, 0.3) is 0 Å². The number of nitrogen functional groups attached to an aromatic ring is 1. The van der Waals surface area contributed by atoms with Gasteiger partial charge >= 0.3 is 12.8 Å². The molecule has 1 unspecified atom stereocenters. The van der Waals surface area contributed by atoms with Crippen molar-refractivity contribution in [2.45, 2.75) is 24.9 Å². The van der Waals surface area contributed by atoms with Gasteiger partial charge < -0.3 is 24.9 Å². The van der Waals surface area contributed by atoms with Crippen molar-refractivity contribution in [3.63, 3.8) is 0 Å². The Kier molecular flexibility index (Phi) is 4.91. The van der Waals surface area contributed by atoms with Crippen LogP contribution < -0.4 is 16.9 Å². The fourth-order valence-corrected chi connectivity index (χ4v) is 3.04. The molecule has 25 heavy (non-hydrogen) atoms. The van der Waals surface area contributed by atoms with Crippen LogP contribution in [-0.2, 0) is 14.0 Å². The van der Waals surface area contributed by atoms with Gasteiger partial charge in [-0.3, -0.25) is 4.57 Å². The molecule has 1 fully saturated rings. The normalized spacial score (nSPS) is 24.4. The number of nitrogens with zero attached hydrogens (tertiary/aromatic N) is 2. The van der Waals surface area contributed by atoms with Crippen LogP contribution in [0.5, 0.6) is 0 Å². The third-order valence-corrected chi connectivity index (χ3v) is 4.34. The predicted molar refractivity (Wildman–Crippen MR) is 92.2 cm³/mol. The van der Waals surface area contributed by atoms with Gasteiger partial charge in [-0.05, 0) is 18.5 Å². The lowest BCUT2D eigenvalue weighted by Crippen LogP contribution is -2.50. The molecule has 0 amide bonds. The molecule has 2 aromatic rings. The van der Waals surface area contributed by atoms with Crippen LogP contribution in [0.15, 0.2) is 47.4 Å². The number of aromatic nitrogens is 2. The highest BCUT2D eigenvalue weighted by molar-refractivity contribution is 6.62. The Morgan fingerprint density at radius 3 is 2.76 bits per heavy atom. The van der Waals surface area contributed by atoms with Gasteiger partial charge in [-0.1, -0.05) is 30.3 Å². The average Bonchev–Trinajstić information content (AvgIpc) is 2.96. The number of anilines is 1. The van der Waals surface area contributed by atoms with Crippen LogP contribution in [0.3, 0.4) is 0 Å². The summed E-state index contributed by atoms with van der Waals surface area (Å²) in [7, 11) is 0.769. The molecule has 0 saturated carbocycles. The number of benzene rings is 1. The minimum Gasteiger partial charge on any atom is -0.399 e. The van der Waals surface area contributed by atoms with Crippen molar-refractivity contribution in [3.05, 3.63) is 53.1 Å². The summed E-state index contributed by atoms with van der Waals surface area (Å²) >= 11 is 0. The fourth-order valence-electron chi connectivity index (χ4n) is 3.04. The van der Waals surface area contributed by atoms with Crippen LogP contribution >= 0.6 is 0 Å². The molecule has 3 rings (SSSR count). The summed E-state index contributed by atoms with van der Waals surface area (Å²) in [5.74, 6) is 0.116. The van der Waals surface area contributed by atoms with Gasteiger partial charge in [0.1, 0.15) is 11.4 Å². The van der Waals surface area contributed by atoms with Crippen LogP contribution in [0.25, 0.3) is 0 Å². The highest BCUT2D eigenvalue weighted by Crippen LogP contribution is 2.37. The summed E-state index contributed by atoms with van der Waals surface area (Å²) in [6.07, 6.45) is -0.0800. The van der Waals surface area contributed by atoms with Crippen molar-refractivity contribution in [2.24, 2.45) is 0 Å². The summed E-state index contributed by atoms with van der Waals surface area (Å²) in [5.41, 5.74) is 4.66. The van der Waals surface area contributed by atoms with E-state index in [-0.39, 0.29) is 12.4 Å². The van der Waals surface area contributed by atoms with E-state index >= 15 is 0 Å². The lowest BCUT2D eigenvalue weighted by Gasteiger charge is -2.36. The first-order valence-electron chi connectivity index (χ1n) is 7.86. The molecule has 1 aromatic carbocycles. The summed E-state index contributed by atoms with van der Waals surface area (Å²) < 4.78 is 18.8. The Morgan fingerprint density at radius 2 is 2.16 bits per heavy atom. The number of hydrogen-bond acceptors (Lipinski definition) is 7. The molecule has 9 heteroatoms. The number of rotatable bonds is 5. The zero-order valence-electron chi connectivity index (χ0n) is 14.0. The minimum absolute atomic E-state index is 0.116. The third-order valence-electron chi connectivity index (χ3n) is 4.34. The topological polar surface area (TPSA) is 109 Å². The summed E-state index contributed by atoms with van der Waals surface area (Å²) in [6, 6.07) is 10.9. The lowest BCUT2D eigenvalue weighted by molar-refractivity contribution is -0.129. The third kappa shape index (κ3) is 3.19. The van der Waals surface area contributed by atoms with E-state index in [4.69, 9.17) is 19.8 Å². The van der Waals surface area contributed by atoms with Crippen molar-refractivity contribution < 1.29 is 19.2 Å². The molecule has 0 bridgehead atoms. The summed E-state index contributed by atoms with van der Waals surface area (Å²) in [6.45, 7) is 1.44. The molecule has 1 aromatic heterocycles. The Bertz CT molecular complexity index is 787. The Labute approximate surface area is 145 Å². The van der Waals surface area contributed by atoms with E-state index in [9.17, 15) is 9.90 Å². The molecule has 1 aliphatic rings. The van der Waals surface area contributed by atoms with Gasteiger partial charge in [-0.2, -0.15) is 4.98 Å². The predicted octanol–water partition coefficient (Wildman–Crippen LogP) is -0.468. The van der Waals surface area contributed by atoms with Crippen molar-refractivity contribution in [1.82, 2.24) is 9.55 Å². The van der Waals surface area contributed by atoms with E-state index in [0.717, 1.165) is 5.46 Å². The Hall–Kier alpha value is -2.20. The highest BCUT2D eigenvalue weighted by atomic mass is 16.7. The Morgan fingerprint density at radius 1 is 1.44 bits per heavy atom. The monoisotopic (exact) mass is 345 g/mol. The maximum atomic E-state index is 12.2. The molecule has 1 aliphatic heterocycles. The molecular weight excluding hydrogens is 325 g/mol. The van der Waals surface area contributed by atoms with E-state index in [1.807, 2.05) is 30.3 Å². The molecule has 132 valence electrons. The average molecular weight is 345 g/mol. The highest BCUT2D eigenvalue weighted by Gasteiger charge is 2.54. The number of nitrogens with two attached hydrogens (primary N) is 1. The molecule has 0 radical (unpaired) electrons. The summed E-state index contributed by atoms with van der Waals surface area (Å²) in [4.78, 5) is 15.9. The van der Waals surface area contributed by atoms with Crippen LogP contribution in [0.2, 0.25) is 0 Å². The fraction of sp³-hybridized carbons (Fsp3) is 0.375. The van der Waals surface area contributed by atoms with Crippen LogP contribution in [-0.4, -0.2) is 47.2 Å². The SMILES string of the molecule is COC(n1ccc(N)nc1=O)[C@]1(C)OB(c2ccccc2)O[C@@H]1CO. The second-order valence-corrected chi connectivity index (χ2v) is 5.98. The van der Waals surface area contributed by atoms with E-state index in [1.165, 1.54) is 23.9 Å². The maximum Gasteiger partial charge on any atom is 0.494 e. The van der Waals surface area contributed by atoms with E-state index in [1.54, 1.807) is 6.92 Å². The second-order valence-electron chi connectivity index (χ2n) is 5.98. The van der Waals surface area contributed by atoms with Gasteiger partial charge in [0.05, 0.1) is 12.7 Å². The number of aliphatic hydroxyl groups is 1. The first-order chi connectivity index (χ1) is 12.0. The molecule has 1 saturated heterocycles. The summed E-state index contributed by atoms with van der Waals surface area (Å²) in [5, 5.41) is 9.79. The first kappa shape index (κ1) is 17.6. The quantitative estimate of drug-likeness (QED) is 0.706. The van der Waals surface area contributed by atoms with E-state index in [0.29, 0.717) is 0 Å². The van der Waals surface area contributed by atoms with Crippen LogP contribution in [0, 0.1) is 0 Å². The zero-order chi connectivity index (χ0) is 18.0. The number of ether oxygens (including phenoxy) is 1. The lowest BCUT2D eigenvalue weighted by atomic mass is 9.79.